The van der Waals surface area contributed by atoms with Gasteiger partial charge >= 0.3 is 6.18 Å². The summed E-state index contributed by atoms with van der Waals surface area (Å²) in [4.78, 5) is 8.89. The van der Waals surface area contributed by atoms with Crippen molar-refractivity contribution >= 4 is 16.7 Å². The van der Waals surface area contributed by atoms with Crippen LogP contribution >= 0.6 is 0 Å². The lowest BCUT2D eigenvalue weighted by molar-refractivity contribution is -0.137. The lowest BCUT2D eigenvalue weighted by Crippen LogP contribution is -2.10. The largest absolute Gasteiger partial charge is 0.416 e. The van der Waals surface area contributed by atoms with Crippen LogP contribution in [0.5, 0.6) is 0 Å². The molecule has 0 atom stereocenters. The van der Waals surface area contributed by atoms with E-state index in [1.807, 2.05) is 24.3 Å². The van der Waals surface area contributed by atoms with E-state index in [2.05, 4.69) is 30.7 Å². The van der Waals surface area contributed by atoms with Crippen LogP contribution in [0.3, 0.4) is 0 Å². The Morgan fingerprint density at radius 3 is 2.19 bits per heavy atom. The Hall–Kier alpha value is -2.89. The second kappa shape index (κ2) is 5.81. The van der Waals surface area contributed by atoms with Gasteiger partial charge in [-0.05, 0) is 29.2 Å². The van der Waals surface area contributed by atoms with E-state index in [4.69, 9.17) is 0 Å². The molecular formula is C21H18F3N3. The molecule has 138 valence electrons. The van der Waals surface area contributed by atoms with Crippen molar-refractivity contribution < 1.29 is 13.2 Å². The summed E-state index contributed by atoms with van der Waals surface area (Å²) in [5, 5.41) is 0. The SMILES string of the molecule is CC(C)(C)c1ccc(-c2nc3cc(C(F)(F)F)ccc3n3ccnc23)cc1. The van der Waals surface area contributed by atoms with E-state index in [9.17, 15) is 13.2 Å². The first kappa shape index (κ1) is 17.5. The van der Waals surface area contributed by atoms with Crippen LogP contribution in [0, 0.1) is 0 Å². The van der Waals surface area contributed by atoms with Gasteiger partial charge in [0.15, 0.2) is 5.65 Å². The van der Waals surface area contributed by atoms with Gasteiger partial charge in [-0.2, -0.15) is 13.2 Å². The Kier molecular flexibility index (Phi) is 3.77. The van der Waals surface area contributed by atoms with Crippen LogP contribution in [0.25, 0.3) is 27.9 Å². The van der Waals surface area contributed by atoms with Gasteiger partial charge in [-0.3, -0.25) is 4.40 Å². The minimum atomic E-state index is -4.41. The maximum absolute atomic E-state index is 13.1. The number of hydrogen-bond acceptors (Lipinski definition) is 2. The van der Waals surface area contributed by atoms with Gasteiger partial charge in [0.05, 0.1) is 16.6 Å². The normalized spacial score (nSPS) is 12.8. The molecule has 27 heavy (non-hydrogen) atoms. The average Bonchev–Trinajstić information content (AvgIpc) is 3.09. The molecule has 2 aromatic carbocycles. The van der Waals surface area contributed by atoms with Gasteiger partial charge < -0.3 is 0 Å². The number of fused-ring (bicyclic) bond motifs is 3. The molecule has 0 N–H and O–H groups in total. The summed E-state index contributed by atoms with van der Waals surface area (Å²) in [7, 11) is 0. The molecule has 0 aliphatic carbocycles. The molecule has 0 radical (unpaired) electrons. The smallest absolute Gasteiger partial charge is 0.296 e. The van der Waals surface area contributed by atoms with Crippen LogP contribution in [0.15, 0.2) is 54.9 Å². The lowest BCUT2D eigenvalue weighted by atomic mass is 9.86. The molecule has 3 nitrogen and oxygen atoms in total. The highest BCUT2D eigenvalue weighted by molar-refractivity contribution is 5.86. The standard InChI is InChI=1S/C21H18F3N3/c1-20(2,3)14-6-4-13(5-7-14)18-19-25-10-11-27(19)17-9-8-15(21(22,23)24)12-16(17)26-18/h4-12H,1-3H3. The van der Waals surface area contributed by atoms with Crippen molar-refractivity contribution in [1.29, 1.82) is 0 Å². The Balaban J connectivity index is 1.94. The van der Waals surface area contributed by atoms with Gasteiger partial charge in [0.2, 0.25) is 0 Å². The van der Waals surface area contributed by atoms with Crippen LogP contribution in [-0.4, -0.2) is 14.4 Å². The molecule has 0 aliphatic heterocycles. The Morgan fingerprint density at radius 1 is 0.889 bits per heavy atom. The van der Waals surface area contributed by atoms with Gasteiger partial charge in [-0.15, -0.1) is 0 Å². The number of halogens is 3. The summed E-state index contributed by atoms with van der Waals surface area (Å²) in [6.07, 6.45) is -1.05. The van der Waals surface area contributed by atoms with Gasteiger partial charge in [0, 0.05) is 18.0 Å². The van der Waals surface area contributed by atoms with Gasteiger partial charge in [0.1, 0.15) is 5.69 Å². The van der Waals surface area contributed by atoms with E-state index < -0.39 is 11.7 Å². The fourth-order valence-corrected chi connectivity index (χ4v) is 3.16. The summed E-state index contributed by atoms with van der Waals surface area (Å²) >= 11 is 0. The third-order valence-corrected chi connectivity index (χ3v) is 4.67. The molecule has 2 heterocycles. The molecule has 4 rings (SSSR count). The van der Waals surface area contributed by atoms with Gasteiger partial charge in [-0.25, -0.2) is 9.97 Å². The second-order valence-electron chi connectivity index (χ2n) is 7.61. The summed E-state index contributed by atoms with van der Waals surface area (Å²) in [6, 6.07) is 11.5. The van der Waals surface area contributed by atoms with E-state index in [0.29, 0.717) is 16.9 Å². The molecule has 0 aliphatic rings. The number of aromatic nitrogens is 3. The molecule has 0 fully saturated rings. The van der Waals surface area contributed by atoms with Crippen LogP contribution in [-0.2, 0) is 11.6 Å². The molecule has 0 amide bonds. The molecule has 0 bridgehead atoms. The third kappa shape index (κ3) is 3.05. The molecule has 0 unspecified atom stereocenters. The average molecular weight is 369 g/mol. The van der Waals surface area contributed by atoms with E-state index in [1.54, 1.807) is 16.8 Å². The van der Waals surface area contributed by atoms with E-state index in [1.165, 1.54) is 11.6 Å². The summed E-state index contributed by atoms with van der Waals surface area (Å²) in [5.41, 5.74) is 3.34. The predicted octanol–water partition coefficient (Wildman–Crippen LogP) is 5.87. The Morgan fingerprint density at radius 2 is 1.56 bits per heavy atom. The van der Waals surface area contributed by atoms with Crippen molar-refractivity contribution in [3.63, 3.8) is 0 Å². The minimum Gasteiger partial charge on any atom is -0.296 e. The first-order valence-corrected chi connectivity index (χ1v) is 8.59. The maximum atomic E-state index is 13.1. The monoisotopic (exact) mass is 369 g/mol. The Bertz CT molecular complexity index is 1130. The first-order valence-electron chi connectivity index (χ1n) is 8.59. The lowest BCUT2D eigenvalue weighted by Gasteiger charge is -2.19. The zero-order chi connectivity index (χ0) is 19.4. The van der Waals surface area contributed by atoms with Crippen molar-refractivity contribution in [3.05, 3.63) is 66.0 Å². The maximum Gasteiger partial charge on any atom is 0.416 e. The van der Waals surface area contributed by atoms with Crippen LogP contribution in [0.4, 0.5) is 13.2 Å². The highest BCUT2D eigenvalue weighted by atomic mass is 19.4. The molecule has 2 aromatic heterocycles. The molecule has 0 saturated heterocycles. The fraction of sp³-hybridized carbons (Fsp3) is 0.238. The second-order valence-corrected chi connectivity index (χ2v) is 7.61. The topological polar surface area (TPSA) is 30.2 Å². The number of rotatable bonds is 1. The number of benzene rings is 2. The minimum absolute atomic E-state index is 0.0135. The van der Waals surface area contributed by atoms with E-state index in [-0.39, 0.29) is 10.9 Å². The number of hydrogen-bond donors (Lipinski definition) is 0. The quantitative estimate of drug-likeness (QED) is 0.420. The Labute approximate surface area is 154 Å². The summed E-state index contributed by atoms with van der Waals surface area (Å²) in [6.45, 7) is 6.38. The van der Waals surface area contributed by atoms with Crippen LogP contribution in [0.2, 0.25) is 0 Å². The molecule has 0 saturated carbocycles. The number of alkyl halides is 3. The first-order chi connectivity index (χ1) is 12.6. The van der Waals surface area contributed by atoms with Crippen molar-refractivity contribution in [3.8, 4) is 11.3 Å². The fourth-order valence-electron chi connectivity index (χ4n) is 3.16. The van der Waals surface area contributed by atoms with Crippen LogP contribution < -0.4 is 0 Å². The van der Waals surface area contributed by atoms with Crippen molar-refractivity contribution in [2.75, 3.05) is 0 Å². The number of imidazole rings is 1. The molecular weight excluding hydrogens is 351 g/mol. The van der Waals surface area contributed by atoms with Crippen LogP contribution in [0.1, 0.15) is 31.9 Å². The zero-order valence-corrected chi connectivity index (χ0v) is 15.2. The van der Waals surface area contributed by atoms with Crippen molar-refractivity contribution in [2.24, 2.45) is 0 Å². The number of nitrogens with zero attached hydrogens (tertiary/aromatic N) is 3. The predicted molar refractivity (Wildman–Crippen MR) is 99.6 cm³/mol. The molecule has 6 heteroatoms. The third-order valence-electron chi connectivity index (χ3n) is 4.67. The van der Waals surface area contributed by atoms with Gasteiger partial charge in [0.25, 0.3) is 0 Å². The van der Waals surface area contributed by atoms with Gasteiger partial charge in [-0.1, -0.05) is 45.0 Å². The van der Waals surface area contributed by atoms with E-state index in [0.717, 1.165) is 17.7 Å². The van der Waals surface area contributed by atoms with Crippen molar-refractivity contribution in [2.45, 2.75) is 32.4 Å². The van der Waals surface area contributed by atoms with E-state index >= 15 is 0 Å². The summed E-state index contributed by atoms with van der Waals surface area (Å²) < 4.78 is 41.1. The highest BCUT2D eigenvalue weighted by Gasteiger charge is 2.31. The molecule has 4 aromatic rings. The molecule has 0 spiro atoms. The highest BCUT2D eigenvalue weighted by Crippen LogP contribution is 2.33. The summed E-state index contributed by atoms with van der Waals surface area (Å²) in [5.74, 6) is 0. The van der Waals surface area contributed by atoms with Crippen molar-refractivity contribution in [1.82, 2.24) is 14.4 Å². The zero-order valence-electron chi connectivity index (χ0n) is 15.2.